The van der Waals surface area contributed by atoms with Crippen molar-refractivity contribution in [3.05, 3.63) is 64.1 Å². The van der Waals surface area contributed by atoms with E-state index in [4.69, 9.17) is 27.6 Å². The molecule has 0 spiro atoms. The smallest absolute Gasteiger partial charge is 0.342 e. The molecule has 2 aromatic carbocycles. The van der Waals surface area contributed by atoms with Crippen LogP contribution in [0.25, 0.3) is 11.5 Å². The highest BCUT2D eigenvalue weighted by atomic mass is 35.5. The summed E-state index contributed by atoms with van der Waals surface area (Å²) >= 11 is 11.9. The van der Waals surface area contributed by atoms with Gasteiger partial charge >= 0.3 is 6.01 Å². The monoisotopic (exact) mass is 317 g/mol. The van der Waals surface area contributed by atoms with Gasteiger partial charge < -0.3 is 4.42 Å². The molecule has 0 aliphatic carbocycles. The van der Waals surface area contributed by atoms with Crippen molar-refractivity contribution >= 4 is 35.4 Å². The minimum atomic E-state index is 0.167. The third kappa shape index (κ3) is 3.29. The van der Waals surface area contributed by atoms with Crippen molar-refractivity contribution in [1.29, 1.82) is 0 Å². The molecule has 3 rings (SSSR count). The molecule has 0 bridgehead atoms. The predicted octanol–water partition coefficient (Wildman–Crippen LogP) is 4.79. The third-order valence-corrected chi connectivity index (χ3v) is 3.25. The van der Waals surface area contributed by atoms with E-state index in [9.17, 15) is 0 Å². The summed E-state index contributed by atoms with van der Waals surface area (Å²) in [6.45, 7) is 0. The van der Waals surface area contributed by atoms with Gasteiger partial charge in [-0.2, -0.15) is 0 Å². The molecule has 4 nitrogen and oxygen atoms in total. The van der Waals surface area contributed by atoms with Crippen molar-refractivity contribution in [2.75, 3.05) is 0 Å². The molecule has 0 atom stereocenters. The maximum Gasteiger partial charge on any atom is 0.342 e. The van der Waals surface area contributed by atoms with Crippen LogP contribution in [-0.4, -0.2) is 16.4 Å². The number of halogens is 2. The Kier molecular flexibility index (Phi) is 3.99. The van der Waals surface area contributed by atoms with Crippen molar-refractivity contribution in [2.45, 2.75) is 0 Å². The molecular formula is C15H9Cl2N3O. The SMILES string of the molecule is Clc1ccc(-c2nnc(/N=C/c3ccccc3)o2)c(Cl)c1. The Bertz CT molecular complexity index is 785. The zero-order chi connectivity index (χ0) is 14.7. The van der Waals surface area contributed by atoms with Crippen LogP contribution in [0, 0.1) is 0 Å². The molecule has 1 heterocycles. The van der Waals surface area contributed by atoms with Crippen molar-refractivity contribution in [3.63, 3.8) is 0 Å². The highest BCUT2D eigenvalue weighted by Gasteiger charge is 2.11. The summed E-state index contributed by atoms with van der Waals surface area (Å²) in [7, 11) is 0. The zero-order valence-corrected chi connectivity index (χ0v) is 12.2. The van der Waals surface area contributed by atoms with E-state index in [0.29, 0.717) is 21.5 Å². The number of benzene rings is 2. The van der Waals surface area contributed by atoms with Gasteiger partial charge in [-0.1, -0.05) is 58.6 Å². The Morgan fingerprint density at radius 1 is 1.00 bits per heavy atom. The van der Waals surface area contributed by atoms with E-state index in [-0.39, 0.29) is 6.01 Å². The van der Waals surface area contributed by atoms with Crippen LogP contribution in [0.4, 0.5) is 6.01 Å². The molecule has 104 valence electrons. The summed E-state index contributed by atoms with van der Waals surface area (Å²) in [5.41, 5.74) is 1.57. The fourth-order valence-corrected chi connectivity index (χ4v) is 2.20. The van der Waals surface area contributed by atoms with Gasteiger partial charge in [-0.25, -0.2) is 4.99 Å². The van der Waals surface area contributed by atoms with Gasteiger partial charge in [0.2, 0.25) is 0 Å². The molecule has 0 saturated heterocycles. The second-order valence-electron chi connectivity index (χ2n) is 4.18. The van der Waals surface area contributed by atoms with Gasteiger partial charge in [0.1, 0.15) is 0 Å². The van der Waals surface area contributed by atoms with E-state index in [2.05, 4.69) is 15.2 Å². The molecule has 0 saturated carbocycles. The maximum absolute atomic E-state index is 6.10. The Balaban J connectivity index is 1.85. The van der Waals surface area contributed by atoms with Gasteiger partial charge in [0.15, 0.2) is 0 Å². The summed E-state index contributed by atoms with van der Waals surface area (Å²) in [5.74, 6) is 0.303. The fourth-order valence-electron chi connectivity index (χ4n) is 1.71. The lowest BCUT2D eigenvalue weighted by molar-refractivity contribution is 0.580. The van der Waals surface area contributed by atoms with E-state index in [1.54, 1.807) is 24.4 Å². The van der Waals surface area contributed by atoms with Gasteiger partial charge in [0, 0.05) is 11.2 Å². The molecule has 0 radical (unpaired) electrons. The quantitative estimate of drug-likeness (QED) is 0.652. The Morgan fingerprint density at radius 2 is 1.81 bits per heavy atom. The molecule has 1 aromatic heterocycles. The number of aliphatic imine (C=N–C) groups is 1. The largest absolute Gasteiger partial charge is 0.402 e. The van der Waals surface area contributed by atoms with E-state index in [1.165, 1.54) is 0 Å². The molecule has 0 N–H and O–H groups in total. The minimum absolute atomic E-state index is 0.167. The van der Waals surface area contributed by atoms with Gasteiger partial charge in [0.05, 0.1) is 10.6 Å². The predicted molar refractivity (Wildman–Crippen MR) is 83.5 cm³/mol. The fraction of sp³-hybridized carbons (Fsp3) is 0. The van der Waals surface area contributed by atoms with Gasteiger partial charge in [-0.3, -0.25) is 0 Å². The first-order valence-electron chi connectivity index (χ1n) is 6.10. The standard InChI is InChI=1S/C15H9Cl2N3O/c16-11-6-7-12(13(17)8-11)14-19-20-15(21-14)18-9-10-4-2-1-3-5-10/h1-9H/b18-9+. The first-order chi connectivity index (χ1) is 10.2. The molecule has 0 amide bonds. The summed E-state index contributed by atoms with van der Waals surface area (Å²) in [6, 6.07) is 14.9. The average Bonchev–Trinajstić information content (AvgIpc) is 2.95. The molecule has 0 fully saturated rings. The minimum Gasteiger partial charge on any atom is -0.402 e. The van der Waals surface area contributed by atoms with Crippen LogP contribution in [0.5, 0.6) is 0 Å². The molecule has 0 aliphatic heterocycles. The van der Waals surface area contributed by atoms with Gasteiger partial charge in [-0.05, 0) is 23.8 Å². The zero-order valence-electron chi connectivity index (χ0n) is 10.7. The second kappa shape index (κ2) is 6.08. The van der Waals surface area contributed by atoms with Crippen molar-refractivity contribution < 1.29 is 4.42 Å². The second-order valence-corrected chi connectivity index (χ2v) is 5.03. The summed E-state index contributed by atoms with van der Waals surface area (Å²) in [4.78, 5) is 4.14. The number of hydrogen-bond donors (Lipinski definition) is 0. The van der Waals surface area contributed by atoms with Crippen molar-refractivity contribution in [3.8, 4) is 11.5 Å². The first kappa shape index (κ1) is 13.8. The van der Waals surface area contributed by atoms with E-state index in [1.807, 2.05) is 30.3 Å². The van der Waals surface area contributed by atoms with E-state index >= 15 is 0 Å². The normalized spacial score (nSPS) is 11.1. The lowest BCUT2D eigenvalue weighted by Crippen LogP contribution is -1.79. The summed E-state index contributed by atoms with van der Waals surface area (Å²) in [6.07, 6.45) is 1.65. The van der Waals surface area contributed by atoms with Crippen molar-refractivity contribution in [1.82, 2.24) is 10.2 Å². The van der Waals surface area contributed by atoms with Crippen LogP contribution in [0.2, 0.25) is 10.0 Å². The number of hydrogen-bond acceptors (Lipinski definition) is 4. The lowest BCUT2D eigenvalue weighted by atomic mass is 10.2. The number of aromatic nitrogens is 2. The third-order valence-electron chi connectivity index (χ3n) is 2.70. The van der Waals surface area contributed by atoms with Crippen molar-refractivity contribution in [2.24, 2.45) is 4.99 Å². The maximum atomic E-state index is 6.10. The Hall–Kier alpha value is -2.17. The van der Waals surface area contributed by atoms with Crippen LogP contribution < -0.4 is 0 Å². The van der Waals surface area contributed by atoms with Crippen LogP contribution in [0.3, 0.4) is 0 Å². The van der Waals surface area contributed by atoms with Gasteiger partial charge in [-0.15, -0.1) is 5.10 Å². The molecule has 0 aliphatic rings. The van der Waals surface area contributed by atoms with Crippen LogP contribution >= 0.6 is 23.2 Å². The van der Waals surface area contributed by atoms with Crippen LogP contribution in [0.1, 0.15) is 5.56 Å². The average molecular weight is 318 g/mol. The van der Waals surface area contributed by atoms with Gasteiger partial charge in [0.25, 0.3) is 5.89 Å². The highest BCUT2D eigenvalue weighted by molar-refractivity contribution is 6.36. The topological polar surface area (TPSA) is 51.3 Å². The Morgan fingerprint density at radius 3 is 2.57 bits per heavy atom. The molecule has 0 unspecified atom stereocenters. The molecule has 21 heavy (non-hydrogen) atoms. The summed E-state index contributed by atoms with van der Waals surface area (Å²) < 4.78 is 5.46. The van der Waals surface area contributed by atoms with Crippen LogP contribution in [0.15, 0.2) is 57.9 Å². The molecule has 3 aromatic rings. The molecular weight excluding hydrogens is 309 g/mol. The number of nitrogens with zero attached hydrogens (tertiary/aromatic N) is 3. The number of rotatable bonds is 3. The Labute approximate surface area is 131 Å². The molecule has 6 heteroatoms. The van der Waals surface area contributed by atoms with Crippen LogP contribution in [-0.2, 0) is 0 Å². The van der Waals surface area contributed by atoms with E-state index in [0.717, 1.165) is 5.56 Å². The van der Waals surface area contributed by atoms with E-state index < -0.39 is 0 Å². The highest BCUT2D eigenvalue weighted by Crippen LogP contribution is 2.30. The first-order valence-corrected chi connectivity index (χ1v) is 6.86. The lowest BCUT2D eigenvalue weighted by Gasteiger charge is -1.98. The summed E-state index contributed by atoms with van der Waals surface area (Å²) in [5, 5.41) is 8.79.